The lowest BCUT2D eigenvalue weighted by Crippen LogP contribution is -2.27. The van der Waals surface area contributed by atoms with Gasteiger partial charge in [-0.05, 0) is 37.1 Å². The van der Waals surface area contributed by atoms with E-state index in [1.54, 1.807) is 31.3 Å². The van der Waals surface area contributed by atoms with Gasteiger partial charge in [-0.2, -0.15) is 0 Å². The Kier molecular flexibility index (Phi) is 4.26. The minimum atomic E-state index is -0.308. The number of aryl methyl sites for hydroxylation is 2. The molecule has 0 aliphatic rings. The SMILES string of the molecule is Cc1cc(C)c(C(=O)N(C)Cc2ccccc2F)cc1N. The Hall–Kier alpha value is -2.36. The molecular formula is C17H19FN2O. The van der Waals surface area contributed by atoms with Crippen LogP contribution in [0.15, 0.2) is 36.4 Å². The van der Waals surface area contributed by atoms with Crippen molar-refractivity contribution >= 4 is 11.6 Å². The summed E-state index contributed by atoms with van der Waals surface area (Å²) >= 11 is 0. The van der Waals surface area contributed by atoms with E-state index in [9.17, 15) is 9.18 Å². The molecule has 0 unspecified atom stereocenters. The summed E-state index contributed by atoms with van der Waals surface area (Å²) in [4.78, 5) is 14.0. The summed E-state index contributed by atoms with van der Waals surface area (Å²) < 4.78 is 13.7. The quantitative estimate of drug-likeness (QED) is 0.880. The van der Waals surface area contributed by atoms with Crippen molar-refractivity contribution in [1.82, 2.24) is 4.90 Å². The van der Waals surface area contributed by atoms with Gasteiger partial charge in [0.05, 0.1) is 0 Å². The van der Waals surface area contributed by atoms with Crippen molar-refractivity contribution in [3.63, 3.8) is 0 Å². The summed E-state index contributed by atoms with van der Waals surface area (Å²) in [5, 5.41) is 0. The van der Waals surface area contributed by atoms with E-state index in [-0.39, 0.29) is 18.3 Å². The monoisotopic (exact) mass is 286 g/mol. The van der Waals surface area contributed by atoms with E-state index in [0.717, 1.165) is 11.1 Å². The fourth-order valence-corrected chi connectivity index (χ4v) is 2.26. The van der Waals surface area contributed by atoms with E-state index in [1.165, 1.54) is 11.0 Å². The molecule has 2 aromatic rings. The zero-order valence-electron chi connectivity index (χ0n) is 12.5. The van der Waals surface area contributed by atoms with Crippen LogP contribution in [0.3, 0.4) is 0 Å². The van der Waals surface area contributed by atoms with E-state index in [0.29, 0.717) is 16.8 Å². The largest absolute Gasteiger partial charge is 0.398 e. The zero-order valence-corrected chi connectivity index (χ0v) is 12.5. The minimum Gasteiger partial charge on any atom is -0.398 e. The standard InChI is InChI=1S/C17H19FN2O/c1-11-8-12(2)16(19)9-14(11)17(21)20(3)10-13-6-4-5-7-15(13)18/h4-9H,10,19H2,1-3H3. The summed E-state index contributed by atoms with van der Waals surface area (Å²) in [5.74, 6) is -0.472. The first kappa shape index (κ1) is 15.0. The number of rotatable bonds is 3. The molecule has 3 nitrogen and oxygen atoms in total. The molecule has 0 spiro atoms. The molecule has 0 saturated heterocycles. The Morgan fingerprint density at radius 2 is 1.86 bits per heavy atom. The first-order valence-electron chi connectivity index (χ1n) is 6.75. The van der Waals surface area contributed by atoms with Crippen molar-refractivity contribution in [2.75, 3.05) is 12.8 Å². The van der Waals surface area contributed by atoms with Crippen molar-refractivity contribution in [2.24, 2.45) is 0 Å². The molecule has 0 bridgehead atoms. The maximum Gasteiger partial charge on any atom is 0.254 e. The second-order valence-electron chi connectivity index (χ2n) is 5.28. The summed E-state index contributed by atoms with van der Waals surface area (Å²) in [7, 11) is 1.66. The molecule has 0 radical (unpaired) electrons. The Balaban J connectivity index is 2.24. The summed E-state index contributed by atoms with van der Waals surface area (Å²) in [5.41, 5.74) is 9.32. The maximum atomic E-state index is 13.7. The Labute approximate surface area is 124 Å². The van der Waals surface area contributed by atoms with Crippen molar-refractivity contribution in [3.8, 4) is 0 Å². The fraction of sp³-hybridized carbons (Fsp3) is 0.235. The van der Waals surface area contributed by atoms with E-state index in [1.807, 2.05) is 19.9 Å². The van der Waals surface area contributed by atoms with Crippen LogP contribution < -0.4 is 5.73 Å². The van der Waals surface area contributed by atoms with E-state index < -0.39 is 0 Å². The molecule has 2 aromatic carbocycles. The maximum absolute atomic E-state index is 13.7. The van der Waals surface area contributed by atoms with Gasteiger partial charge < -0.3 is 10.6 Å². The van der Waals surface area contributed by atoms with Crippen molar-refractivity contribution in [2.45, 2.75) is 20.4 Å². The predicted molar refractivity (Wildman–Crippen MR) is 82.5 cm³/mol. The van der Waals surface area contributed by atoms with Crippen LogP contribution in [0.2, 0.25) is 0 Å². The summed E-state index contributed by atoms with van der Waals surface area (Å²) in [6.07, 6.45) is 0. The van der Waals surface area contributed by atoms with E-state index >= 15 is 0 Å². The number of nitrogens with two attached hydrogens (primary N) is 1. The number of nitrogen functional groups attached to an aromatic ring is 1. The third-order valence-corrected chi connectivity index (χ3v) is 3.56. The number of halogens is 1. The minimum absolute atomic E-state index is 0.164. The number of hydrogen-bond donors (Lipinski definition) is 1. The van der Waals surface area contributed by atoms with Gasteiger partial charge in [-0.25, -0.2) is 4.39 Å². The highest BCUT2D eigenvalue weighted by Gasteiger charge is 2.16. The Morgan fingerprint density at radius 3 is 2.52 bits per heavy atom. The lowest BCUT2D eigenvalue weighted by Gasteiger charge is -2.19. The highest BCUT2D eigenvalue weighted by molar-refractivity contribution is 5.96. The fourth-order valence-electron chi connectivity index (χ4n) is 2.26. The molecule has 0 saturated carbocycles. The average Bonchev–Trinajstić information content (AvgIpc) is 2.44. The molecule has 2 rings (SSSR count). The molecular weight excluding hydrogens is 267 g/mol. The Morgan fingerprint density at radius 1 is 1.19 bits per heavy atom. The number of amides is 1. The molecule has 21 heavy (non-hydrogen) atoms. The molecule has 0 atom stereocenters. The van der Waals surface area contributed by atoms with Crippen LogP contribution in [0.5, 0.6) is 0 Å². The molecule has 0 aliphatic heterocycles. The third kappa shape index (κ3) is 3.21. The molecule has 0 aliphatic carbocycles. The van der Waals surface area contributed by atoms with Crippen LogP contribution in [0.1, 0.15) is 27.0 Å². The highest BCUT2D eigenvalue weighted by Crippen LogP contribution is 2.20. The second-order valence-corrected chi connectivity index (χ2v) is 5.28. The third-order valence-electron chi connectivity index (χ3n) is 3.56. The first-order chi connectivity index (χ1) is 9.90. The lowest BCUT2D eigenvalue weighted by molar-refractivity contribution is 0.0783. The molecule has 110 valence electrons. The van der Waals surface area contributed by atoms with Crippen LogP contribution >= 0.6 is 0 Å². The second kappa shape index (κ2) is 5.95. The molecule has 0 aromatic heterocycles. The number of carbonyl (C=O) groups is 1. The normalized spacial score (nSPS) is 10.5. The molecule has 4 heteroatoms. The van der Waals surface area contributed by atoms with E-state index in [4.69, 9.17) is 5.73 Å². The predicted octanol–water partition coefficient (Wildman–Crippen LogP) is 3.30. The number of nitrogens with zero attached hydrogens (tertiary/aromatic N) is 1. The van der Waals surface area contributed by atoms with Crippen LogP contribution in [-0.4, -0.2) is 17.9 Å². The van der Waals surface area contributed by atoms with Gasteiger partial charge in [-0.15, -0.1) is 0 Å². The van der Waals surface area contributed by atoms with Crippen LogP contribution in [0.4, 0.5) is 10.1 Å². The van der Waals surface area contributed by atoms with E-state index in [2.05, 4.69) is 0 Å². The molecule has 1 amide bonds. The summed E-state index contributed by atoms with van der Waals surface area (Å²) in [6.45, 7) is 4.00. The Bertz CT molecular complexity index is 682. The topological polar surface area (TPSA) is 46.3 Å². The smallest absolute Gasteiger partial charge is 0.254 e. The number of anilines is 1. The zero-order chi connectivity index (χ0) is 15.6. The molecule has 0 fully saturated rings. The van der Waals surface area contributed by atoms with Crippen LogP contribution in [-0.2, 0) is 6.54 Å². The van der Waals surface area contributed by atoms with Gasteiger partial charge in [0.1, 0.15) is 5.82 Å². The number of benzene rings is 2. The number of carbonyl (C=O) groups excluding carboxylic acids is 1. The van der Waals surface area contributed by atoms with Gasteiger partial charge in [-0.1, -0.05) is 24.3 Å². The number of hydrogen-bond acceptors (Lipinski definition) is 2. The van der Waals surface area contributed by atoms with Crippen molar-refractivity contribution < 1.29 is 9.18 Å². The van der Waals surface area contributed by atoms with Gasteiger partial charge in [0.25, 0.3) is 5.91 Å². The summed E-state index contributed by atoms with van der Waals surface area (Å²) in [6, 6.07) is 10.0. The average molecular weight is 286 g/mol. The van der Waals surface area contributed by atoms with Gasteiger partial charge in [0, 0.05) is 30.4 Å². The van der Waals surface area contributed by atoms with Gasteiger partial charge in [-0.3, -0.25) is 4.79 Å². The molecule has 0 heterocycles. The van der Waals surface area contributed by atoms with Crippen molar-refractivity contribution in [3.05, 3.63) is 64.5 Å². The first-order valence-corrected chi connectivity index (χ1v) is 6.75. The van der Waals surface area contributed by atoms with Crippen molar-refractivity contribution in [1.29, 1.82) is 0 Å². The van der Waals surface area contributed by atoms with Crippen LogP contribution in [0.25, 0.3) is 0 Å². The van der Waals surface area contributed by atoms with Gasteiger partial charge in [0.2, 0.25) is 0 Å². The van der Waals surface area contributed by atoms with Gasteiger partial charge in [0.15, 0.2) is 0 Å². The lowest BCUT2D eigenvalue weighted by atomic mass is 10.0. The highest BCUT2D eigenvalue weighted by atomic mass is 19.1. The van der Waals surface area contributed by atoms with Crippen LogP contribution in [0, 0.1) is 19.7 Å². The van der Waals surface area contributed by atoms with Gasteiger partial charge >= 0.3 is 0 Å². The molecule has 2 N–H and O–H groups in total.